The van der Waals surface area contributed by atoms with Gasteiger partial charge in [0.2, 0.25) is 10.0 Å². The lowest BCUT2D eigenvalue weighted by atomic mass is 9.90. The summed E-state index contributed by atoms with van der Waals surface area (Å²) in [6.07, 6.45) is 2.37. The van der Waals surface area contributed by atoms with Crippen LogP contribution in [0, 0.1) is 12.8 Å². The molecule has 2 aliphatic heterocycles. The minimum absolute atomic E-state index is 0.0401. The molecule has 1 unspecified atom stereocenters. The van der Waals surface area contributed by atoms with Crippen LogP contribution in [0.4, 0.5) is 0 Å². The van der Waals surface area contributed by atoms with E-state index >= 15 is 0 Å². The monoisotopic (exact) mass is 389 g/mol. The molecule has 1 fully saturated rings. The van der Waals surface area contributed by atoms with Crippen molar-refractivity contribution in [3.8, 4) is 11.5 Å². The molecule has 2 aliphatic rings. The van der Waals surface area contributed by atoms with Crippen molar-refractivity contribution in [3.63, 3.8) is 0 Å². The summed E-state index contributed by atoms with van der Waals surface area (Å²) in [5.74, 6) is -1.44. The number of carbonyl (C=O) groups is 1. The van der Waals surface area contributed by atoms with E-state index in [1.165, 1.54) is 16.6 Å². The highest BCUT2D eigenvalue weighted by molar-refractivity contribution is 7.88. The molecule has 0 aromatic heterocycles. The van der Waals surface area contributed by atoms with Gasteiger partial charge < -0.3 is 14.6 Å². The molecule has 0 amide bonds. The normalized spacial score (nSPS) is 24.5. The highest BCUT2D eigenvalue weighted by Gasteiger charge is 2.47. The van der Waals surface area contributed by atoms with Crippen molar-refractivity contribution in [2.24, 2.45) is 5.92 Å². The lowest BCUT2D eigenvalue weighted by Crippen LogP contribution is -2.49. The first-order valence-electron chi connectivity index (χ1n) is 7.92. The van der Waals surface area contributed by atoms with Crippen LogP contribution in [-0.2, 0) is 10.0 Å². The second-order valence-electron chi connectivity index (χ2n) is 6.65. The van der Waals surface area contributed by atoms with Gasteiger partial charge in [-0.05, 0) is 25.8 Å². The number of ether oxygens (including phenoxy) is 2. The molecule has 0 radical (unpaired) electrons. The van der Waals surface area contributed by atoms with Gasteiger partial charge in [-0.2, -0.15) is 0 Å². The second kappa shape index (κ2) is 6.03. The Labute approximate surface area is 151 Å². The fourth-order valence-electron chi connectivity index (χ4n) is 3.45. The molecule has 7 nitrogen and oxygen atoms in total. The largest absolute Gasteiger partial charge is 0.478 e. The summed E-state index contributed by atoms with van der Waals surface area (Å²) in [7, 11) is -3.21. The van der Waals surface area contributed by atoms with Crippen LogP contribution in [-0.4, -0.2) is 48.9 Å². The van der Waals surface area contributed by atoms with E-state index in [1.807, 2.05) is 0 Å². The van der Waals surface area contributed by atoms with Crippen LogP contribution >= 0.6 is 11.6 Å². The van der Waals surface area contributed by atoms with E-state index in [9.17, 15) is 18.3 Å². The Hall–Kier alpha value is -1.51. The fraction of sp³-hybridized carbons (Fsp3) is 0.562. The Morgan fingerprint density at radius 2 is 1.88 bits per heavy atom. The molecule has 1 atom stereocenters. The summed E-state index contributed by atoms with van der Waals surface area (Å²) in [5, 5.41) is 9.48. The van der Waals surface area contributed by atoms with E-state index in [1.54, 1.807) is 13.8 Å². The molecule has 1 saturated heterocycles. The average Bonchev–Trinajstić information content (AvgIpc) is 2.90. The molecule has 9 heteroatoms. The van der Waals surface area contributed by atoms with Gasteiger partial charge in [-0.15, -0.1) is 0 Å². The molecule has 0 aliphatic carbocycles. The molecule has 0 saturated carbocycles. The second-order valence-corrected chi connectivity index (χ2v) is 9.04. The molecule has 1 aromatic rings. The first-order valence-corrected chi connectivity index (χ1v) is 10.1. The van der Waals surface area contributed by atoms with Crippen LogP contribution in [0.25, 0.3) is 0 Å². The molecular weight excluding hydrogens is 370 g/mol. The van der Waals surface area contributed by atoms with Gasteiger partial charge in [0.15, 0.2) is 11.5 Å². The Morgan fingerprint density at radius 1 is 1.32 bits per heavy atom. The quantitative estimate of drug-likeness (QED) is 0.853. The number of fused-ring (bicyclic) bond motifs is 1. The van der Waals surface area contributed by atoms with Crippen LogP contribution in [0.1, 0.15) is 35.7 Å². The Kier molecular flexibility index (Phi) is 4.41. The summed E-state index contributed by atoms with van der Waals surface area (Å²) in [6.45, 7) is 4.23. The van der Waals surface area contributed by atoms with E-state index in [2.05, 4.69) is 0 Å². The van der Waals surface area contributed by atoms with Gasteiger partial charge in [0.1, 0.15) is 0 Å². The summed E-state index contributed by atoms with van der Waals surface area (Å²) < 4.78 is 36.8. The highest BCUT2D eigenvalue weighted by Crippen LogP contribution is 2.51. The number of carboxylic acids is 1. The third kappa shape index (κ3) is 3.18. The Bertz CT molecular complexity index is 832. The highest BCUT2D eigenvalue weighted by atomic mass is 35.5. The molecule has 2 heterocycles. The molecule has 1 aromatic carbocycles. The van der Waals surface area contributed by atoms with Crippen LogP contribution in [0.5, 0.6) is 11.5 Å². The van der Waals surface area contributed by atoms with Crippen LogP contribution in [0.2, 0.25) is 5.02 Å². The van der Waals surface area contributed by atoms with Crippen molar-refractivity contribution in [1.82, 2.24) is 4.31 Å². The number of nitrogens with zero attached hydrogens (tertiary/aromatic N) is 1. The van der Waals surface area contributed by atoms with Gasteiger partial charge in [-0.1, -0.05) is 11.6 Å². The smallest absolute Gasteiger partial charge is 0.336 e. The summed E-state index contributed by atoms with van der Waals surface area (Å²) in [6, 6.07) is 1.36. The molecule has 0 spiro atoms. The Morgan fingerprint density at radius 3 is 2.40 bits per heavy atom. The molecule has 1 N–H and O–H groups in total. The zero-order valence-corrected chi connectivity index (χ0v) is 15.8. The first-order chi connectivity index (χ1) is 11.5. The minimum atomic E-state index is -3.21. The number of benzene rings is 1. The lowest BCUT2D eigenvalue weighted by Gasteiger charge is -2.37. The van der Waals surface area contributed by atoms with Gasteiger partial charge >= 0.3 is 5.97 Å². The summed E-state index contributed by atoms with van der Waals surface area (Å²) >= 11 is 6.18. The molecule has 25 heavy (non-hydrogen) atoms. The maximum atomic E-state index is 11.7. The predicted molar refractivity (Wildman–Crippen MR) is 92.0 cm³/mol. The number of hydrogen-bond acceptors (Lipinski definition) is 5. The van der Waals surface area contributed by atoms with Gasteiger partial charge in [0.05, 0.1) is 16.8 Å². The number of carboxylic acid groups (broad SMARTS) is 1. The number of hydrogen-bond donors (Lipinski definition) is 1. The average molecular weight is 390 g/mol. The zero-order chi connectivity index (χ0) is 18.6. The molecule has 0 bridgehead atoms. The topological polar surface area (TPSA) is 93.1 Å². The van der Waals surface area contributed by atoms with E-state index in [-0.39, 0.29) is 16.5 Å². The molecule has 3 rings (SSSR count). The van der Waals surface area contributed by atoms with E-state index in [4.69, 9.17) is 21.1 Å². The molecule has 138 valence electrons. The van der Waals surface area contributed by atoms with Crippen molar-refractivity contribution in [1.29, 1.82) is 0 Å². The third-order valence-electron chi connectivity index (χ3n) is 4.94. The van der Waals surface area contributed by atoms with Crippen LogP contribution < -0.4 is 9.47 Å². The minimum Gasteiger partial charge on any atom is -0.478 e. The first kappa shape index (κ1) is 18.3. The van der Waals surface area contributed by atoms with Crippen molar-refractivity contribution in [2.75, 3.05) is 19.3 Å². The van der Waals surface area contributed by atoms with Gasteiger partial charge in [-0.3, -0.25) is 0 Å². The fourth-order valence-corrected chi connectivity index (χ4v) is 4.55. The van der Waals surface area contributed by atoms with E-state index in [0.717, 1.165) is 0 Å². The van der Waals surface area contributed by atoms with Crippen LogP contribution in [0.15, 0.2) is 6.07 Å². The number of sulfonamides is 1. The number of rotatable bonds is 3. The van der Waals surface area contributed by atoms with Gasteiger partial charge in [0.25, 0.3) is 5.79 Å². The SMILES string of the molecule is Cc1c(C(=O)O)cc(Cl)c2c1OC(C)(C1CCN(S(C)(=O)=O)CC1)O2. The lowest BCUT2D eigenvalue weighted by molar-refractivity contribution is -0.121. The third-order valence-corrected chi connectivity index (χ3v) is 6.53. The van der Waals surface area contributed by atoms with Gasteiger partial charge in [0, 0.05) is 31.5 Å². The maximum Gasteiger partial charge on any atom is 0.336 e. The summed E-state index contributed by atoms with van der Waals surface area (Å²) in [5.41, 5.74) is 0.535. The van der Waals surface area contributed by atoms with Crippen molar-refractivity contribution >= 4 is 27.6 Å². The van der Waals surface area contributed by atoms with Gasteiger partial charge in [-0.25, -0.2) is 17.5 Å². The van der Waals surface area contributed by atoms with Crippen LogP contribution in [0.3, 0.4) is 0 Å². The van der Waals surface area contributed by atoms with E-state index in [0.29, 0.717) is 43.0 Å². The predicted octanol–water partition coefficient (Wildman–Crippen LogP) is 2.51. The zero-order valence-electron chi connectivity index (χ0n) is 14.2. The Balaban J connectivity index is 1.85. The summed E-state index contributed by atoms with van der Waals surface area (Å²) in [4.78, 5) is 11.3. The maximum absolute atomic E-state index is 11.7. The standard InChI is InChI=1S/C16H20ClNO6S/c1-9-11(15(19)20)8-12(17)14-13(9)23-16(2,24-14)10-4-6-18(7-5-10)25(3,21)22/h8,10H,4-7H2,1-3H3,(H,19,20). The number of halogens is 1. The molecular formula is C16H20ClNO6S. The number of piperidine rings is 1. The van der Waals surface area contributed by atoms with Crippen molar-refractivity contribution < 1.29 is 27.8 Å². The van der Waals surface area contributed by atoms with Crippen molar-refractivity contribution in [2.45, 2.75) is 32.5 Å². The number of aromatic carboxylic acids is 1. The van der Waals surface area contributed by atoms with Crippen molar-refractivity contribution in [3.05, 3.63) is 22.2 Å². The van der Waals surface area contributed by atoms with E-state index < -0.39 is 21.8 Å².